The number of aromatic nitrogens is 3. The molecular formula is C18H21ClN4O2S. The minimum absolute atomic E-state index is 0.223. The van der Waals surface area contributed by atoms with Crippen LogP contribution in [0.2, 0.25) is 5.02 Å². The van der Waals surface area contributed by atoms with Gasteiger partial charge >= 0.3 is 6.09 Å². The number of carbonyl (C=O) groups excluding carboxylic acids is 1. The summed E-state index contributed by atoms with van der Waals surface area (Å²) < 4.78 is 7.23. The van der Waals surface area contributed by atoms with Gasteiger partial charge in [0.1, 0.15) is 6.61 Å². The quantitative estimate of drug-likeness (QED) is 0.687. The van der Waals surface area contributed by atoms with E-state index in [0.29, 0.717) is 30.8 Å². The molecule has 4 rings (SSSR count). The lowest BCUT2D eigenvalue weighted by Gasteiger charge is -2.18. The predicted molar refractivity (Wildman–Crippen MR) is 102 cm³/mol. The first kappa shape index (κ1) is 17.7. The summed E-state index contributed by atoms with van der Waals surface area (Å²) in [6, 6.07) is 8.19. The molecule has 138 valence electrons. The topological polar surface area (TPSA) is 60.2 Å². The first-order valence-electron chi connectivity index (χ1n) is 8.98. The van der Waals surface area contributed by atoms with Gasteiger partial charge in [0.2, 0.25) is 0 Å². The van der Waals surface area contributed by atoms with Crippen molar-refractivity contribution in [3.63, 3.8) is 0 Å². The molecule has 1 aliphatic heterocycles. The van der Waals surface area contributed by atoms with Crippen molar-refractivity contribution < 1.29 is 9.53 Å². The lowest BCUT2D eigenvalue weighted by Crippen LogP contribution is -2.26. The number of nitrogens with zero attached hydrogens (tertiary/aromatic N) is 4. The number of amides is 1. The fourth-order valence-electron chi connectivity index (χ4n) is 3.57. The van der Waals surface area contributed by atoms with Crippen LogP contribution in [0.5, 0.6) is 0 Å². The van der Waals surface area contributed by atoms with Crippen molar-refractivity contribution in [2.75, 3.05) is 25.4 Å². The van der Waals surface area contributed by atoms with Gasteiger partial charge in [-0.1, -0.05) is 48.3 Å². The van der Waals surface area contributed by atoms with Gasteiger partial charge in [-0.25, -0.2) is 4.79 Å². The Bertz CT molecular complexity index is 791. The van der Waals surface area contributed by atoms with E-state index in [9.17, 15) is 4.79 Å². The van der Waals surface area contributed by atoms with Crippen LogP contribution in [0.4, 0.5) is 4.79 Å². The standard InChI is InChI=1S/C18H21ClN4O2S/c19-15-8-4-3-7-14(15)16-20-21-17(23(16)13-5-1-2-6-13)26-12-10-22-9-11-25-18(22)24/h3-4,7-8,13H,1-2,5-6,9-12H2. The summed E-state index contributed by atoms with van der Waals surface area (Å²) in [5.41, 5.74) is 0.920. The van der Waals surface area contributed by atoms with Crippen molar-refractivity contribution in [1.82, 2.24) is 19.7 Å². The monoisotopic (exact) mass is 392 g/mol. The number of thioether (sulfide) groups is 1. The maximum Gasteiger partial charge on any atom is 0.409 e. The second-order valence-electron chi connectivity index (χ2n) is 6.54. The molecule has 0 bridgehead atoms. The van der Waals surface area contributed by atoms with E-state index in [1.54, 1.807) is 16.7 Å². The molecule has 2 aromatic rings. The number of cyclic esters (lactones) is 1. The summed E-state index contributed by atoms with van der Waals surface area (Å²) in [4.78, 5) is 13.3. The summed E-state index contributed by atoms with van der Waals surface area (Å²) >= 11 is 8.05. The molecule has 0 unspecified atom stereocenters. The Morgan fingerprint density at radius 3 is 2.77 bits per heavy atom. The highest BCUT2D eigenvalue weighted by molar-refractivity contribution is 7.99. The number of rotatable bonds is 6. The molecule has 0 spiro atoms. The second-order valence-corrected chi connectivity index (χ2v) is 8.01. The Hall–Kier alpha value is -1.73. The maximum atomic E-state index is 11.6. The van der Waals surface area contributed by atoms with Gasteiger partial charge in [0.25, 0.3) is 0 Å². The summed E-state index contributed by atoms with van der Waals surface area (Å²) in [7, 11) is 0. The number of benzene rings is 1. The van der Waals surface area contributed by atoms with Gasteiger partial charge in [-0.05, 0) is 25.0 Å². The largest absolute Gasteiger partial charge is 0.448 e. The summed E-state index contributed by atoms with van der Waals surface area (Å²) in [5, 5.41) is 10.5. The van der Waals surface area contributed by atoms with Crippen molar-refractivity contribution in [3.8, 4) is 11.4 Å². The van der Waals surface area contributed by atoms with E-state index >= 15 is 0 Å². The molecule has 2 heterocycles. The Kier molecular flexibility index (Phi) is 5.36. The van der Waals surface area contributed by atoms with E-state index in [0.717, 1.165) is 35.1 Å². The summed E-state index contributed by atoms with van der Waals surface area (Å²) in [6.45, 7) is 1.81. The maximum absolute atomic E-state index is 11.6. The van der Waals surface area contributed by atoms with Crippen LogP contribution in [0.15, 0.2) is 29.4 Å². The zero-order chi connectivity index (χ0) is 17.9. The number of hydrogen-bond acceptors (Lipinski definition) is 5. The van der Waals surface area contributed by atoms with Gasteiger partial charge < -0.3 is 9.64 Å². The highest BCUT2D eigenvalue weighted by Crippen LogP contribution is 2.38. The van der Waals surface area contributed by atoms with Crippen LogP contribution < -0.4 is 0 Å². The highest BCUT2D eigenvalue weighted by atomic mass is 35.5. The van der Waals surface area contributed by atoms with Crippen molar-refractivity contribution >= 4 is 29.5 Å². The molecule has 1 saturated heterocycles. The smallest absolute Gasteiger partial charge is 0.409 e. The molecule has 0 atom stereocenters. The molecule has 1 aromatic carbocycles. The van der Waals surface area contributed by atoms with Crippen molar-refractivity contribution in [2.24, 2.45) is 0 Å². The molecule has 1 saturated carbocycles. The van der Waals surface area contributed by atoms with Crippen LogP contribution >= 0.6 is 23.4 Å². The zero-order valence-corrected chi connectivity index (χ0v) is 16.0. The first-order chi connectivity index (χ1) is 12.7. The number of halogens is 1. The first-order valence-corrected chi connectivity index (χ1v) is 10.3. The number of carbonyl (C=O) groups is 1. The van der Waals surface area contributed by atoms with Crippen LogP contribution in [0.25, 0.3) is 11.4 Å². The second kappa shape index (κ2) is 7.88. The van der Waals surface area contributed by atoms with Gasteiger partial charge in [0.05, 0.1) is 11.6 Å². The van der Waals surface area contributed by atoms with Crippen LogP contribution in [-0.2, 0) is 4.74 Å². The number of ether oxygens (including phenoxy) is 1. The Morgan fingerprint density at radius 2 is 2.04 bits per heavy atom. The van der Waals surface area contributed by atoms with Crippen LogP contribution in [0.3, 0.4) is 0 Å². The minimum atomic E-state index is -0.223. The van der Waals surface area contributed by atoms with E-state index in [2.05, 4.69) is 14.8 Å². The van der Waals surface area contributed by atoms with Crippen LogP contribution in [-0.4, -0.2) is 51.2 Å². The van der Waals surface area contributed by atoms with Crippen molar-refractivity contribution in [2.45, 2.75) is 36.9 Å². The Labute approximate surface area is 161 Å². The molecule has 2 aliphatic rings. The van der Waals surface area contributed by atoms with Crippen LogP contribution in [0.1, 0.15) is 31.7 Å². The average molecular weight is 393 g/mol. The van der Waals surface area contributed by atoms with Crippen molar-refractivity contribution in [1.29, 1.82) is 0 Å². The van der Waals surface area contributed by atoms with Gasteiger partial charge in [0, 0.05) is 23.9 Å². The molecule has 26 heavy (non-hydrogen) atoms. The van der Waals surface area contributed by atoms with Gasteiger partial charge in [-0.15, -0.1) is 10.2 Å². The van der Waals surface area contributed by atoms with E-state index in [-0.39, 0.29) is 6.09 Å². The van der Waals surface area contributed by atoms with E-state index < -0.39 is 0 Å². The van der Waals surface area contributed by atoms with E-state index in [1.165, 1.54) is 12.8 Å². The third-order valence-corrected chi connectivity index (χ3v) is 6.16. The third kappa shape index (κ3) is 3.55. The minimum Gasteiger partial charge on any atom is -0.448 e. The van der Waals surface area contributed by atoms with E-state index in [1.807, 2.05) is 24.3 Å². The lowest BCUT2D eigenvalue weighted by molar-refractivity contribution is 0.160. The Balaban J connectivity index is 1.56. The van der Waals surface area contributed by atoms with Gasteiger partial charge in [0.15, 0.2) is 11.0 Å². The zero-order valence-electron chi connectivity index (χ0n) is 14.4. The Morgan fingerprint density at radius 1 is 1.23 bits per heavy atom. The molecular weight excluding hydrogens is 372 g/mol. The molecule has 0 radical (unpaired) electrons. The van der Waals surface area contributed by atoms with Gasteiger partial charge in [-0.2, -0.15) is 0 Å². The molecule has 8 heteroatoms. The van der Waals surface area contributed by atoms with Crippen LogP contribution in [0, 0.1) is 0 Å². The lowest BCUT2D eigenvalue weighted by atomic mass is 10.2. The SMILES string of the molecule is O=C1OCCN1CCSc1nnc(-c2ccccc2Cl)n1C1CCCC1. The fourth-order valence-corrected chi connectivity index (χ4v) is 4.76. The third-order valence-electron chi connectivity index (χ3n) is 4.91. The normalized spacial score (nSPS) is 17.9. The van der Waals surface area contributed by atoms with Gasteiger partial charge in [-0.3, -0.25) is 4.57 Å². The summed E-state index contributed by atoms with van der Waals surface area (Å²) in [6.07, 6.45) is 4.52. The number of hydrogen-bond donors (Lipinski definition) is 0. The molecule has 0 N–H and O–H groups in total. The molecule has 1 amide bonds. The molecule has 1 aromatic heterocycles. The highest BCUT2D eigenvalue weighted by Gasteiger charge is 2.26. The molecule has 1 aliphatic carbocycles. The average Bonchev–Trinajstić information content (AvgIpc) is 3.37. The van der Waals surface area contributed by atoms with Crippen molar-refractivity contribution in [3.05, 3.63) is 29.3 Å². The van der Waals surface area contributed by atoms with E-state index in [4.69, 9.17) is 16.3 Å². The summed E-state index contributed by atoms with van der Waals surface area (Å²) in [5.74, 6) is 1.60. The fraction of sp³-hybridized carbons (Fsp3) is 0.500. The molecule has 6 nitrogen and oxygen atoms in total. The molecule has 2 fully saturated rings. The predicted octanol–water partition coefficient (Wildman–Crippen LogP) is 4.26.